The lowest BCUT2D eigenvalue weighted by Crippen LogP contribution is -2.31. The zero-order valence-corrected chi connectivity index (χ0v) is 12.1. The molecule has 4 nitrogen and oxygen atoms in total. The molecular formula is C14H21N3OS. The smallest absolute Gasteiger partial charge is 0.250 e. The normalized spacial score (nSPS) is 17.3. The number of hydrogen-bond donors (Lipinski definition) is 3. The van der Waals surface area contributed by atoms with Crippen LogP contribution in [0, 0.1) is 0 Å². The molecule has 1 aromatic carbocycles. The van der Waals surface area contributed by atoms with Gasteiger partial charge in [-0.1, -0.05) is 18.9 Å². The summed E-state index contributed by atoms with van der Waals surface area (Å²) in [5.74, 6) is -0.445. The minimum Gasteiger partial charge on any atom is -0.397 e. The lowest BCUT2D eigenvalue weighted by molar-refractivity contribution is 0.100. The molecule has 0 atom stereocenters. The van der Waals surface area contributed by atoms with Crippen LogP contribution in [0.15, 0.2) is 18.2 Å². The van der Waals surface area contributed by atoms with E-state index in [-0.39, 0.29) is 4.75 Å². The van der Waals surface area contributed by atoms with Crippen LogP contribution in [0.2, 0.25) is 0 Å². The Morgan fingerprint density at radius 3 is 2.68 bits per heavy atom. The largest absolute Gasteiger partial charge is 0.397 e. The van der Waals surface area contributed by atoms with Gasteiger partial charge in [0.25, 0.3) is 5.91 Å². The molecule has 5 heteroatoms. The number of anilines is 2. The van der Waals surface area contributed by atoms with Crippen LogP contribution in [0.5, 0.6) is 0 Å². The molecule has 19 heavy (non-hydrogen) atoms. The molecule has 5 N–H and O–H groups in total. The second-order valence-corrected chi connectivity index (χ2v) is 6.36. The number of rotatable bonds is 5. The Morgan fingerprint density at radius 1 is 1.42 bits per heavy atom. The Hall–Kier alpha value is -1.36. The van der Waals surface area contributed by atoms with Gasteiger partial charge in [0.05, 0.1) is 16.9 Å². The van der Waals surface area contributed by atoms with Gasteiger partial charge in [0.2, 0.25) is 0 Å². The van der Waals surface area contributed by atoms with Gasteiger partial charge in [-0.2, -0.15) is 11.8 Å². The molecule has 1 amide bonds. The molecule has 1 aliphatic carbocycles. The van der Waals surface area contributed by atoms with Gasteiger partial charge in [-0.25, -0.2) is 0 Å². The number of primary amides is 1. The topological polar surface area (TPSA) is 81.1 Å². The fourth-order valence-electron chi connectivity index (χ4n) is 2.69. The van der Waals surface area contributed by atoms with E-state index in [1.54, 1.807) is 18.2 Å². The first-order chi connectivity index (χ1) is 9.08. The highest BCUT2D eigenvalue weighted by Crippen LogP contribution is 2.40. The first-order valence-corrected chi connectivity index (χ1v) is 7.78. The van der Waals surface area contributed by atoms with Crippen molar-refractivity contribution in [1.29, 1.82) is 0 Å². The first-order valence-electron chi connectivity index (χ1n) is 6.55. The van der Waals surface area contributed by atoms with Crippen molar-refractivity contribution in [2.45, 2.75) is 30.4 Å². The lowest BCUT2D eigenvalue weighted by atomic mass is 10.1. The van der Waals surface area contributed by atoms with E-state index in [1.807, 2.05) is 11.8 Å². The highest BCUT2D eigenvalue weighted by molar-refractivity contribution is 8.00. The summed E-state index contributed by atoms with van der Waals surface area (Å²) >= 11 is 1.90. The Bertz CT molecular complexity index is 470. The first kappa shape index (κ1) is 14.1. The number of amides is 1. The third-order valence-corrected chi connectivity index (χ3v) is 5.32. The van der Waals surface area contributed by atoms with Crippen LogP contribution in [0.25, 0.3) is 0 Å². The van der Waals surface area contributed by atoms with Crippen molar-refractivity contribution in [3.8, 4) is 0 Å². The van der Waals surface area contributed by atoms with E-state index in [0.29, 0.717) is 16.9 Å². The van der Waals surface area contributed by atoms with Gasteiger partial charge < -0.3 is 16.8 Å². The Kier molecular flexibility index (Phi) is 4.24. The summed E-state index contributed by atoms with van der Waals surface area (Å²) in [4.78, 5) is 11.4. The number of benzene rings is 1. The van der Waals surface area contributed by atoms with Crippen LogP contribution in [0.4, 0.5) is 11.4 Å². The molecule has 0 unspecified atom stereocenters. The number of para-hydroxylation sites is 1. The molecular weight excluding hydrogens is 258 g/mol. The Labute approximate surface area is 118 Å². The highest BCUT2D eigenvalue weighted by Gasteiger charge is 2.33. The predicted octanol–water partition coefficient (Wildman–Crippen LogP) is 2.46. The molecule has 1 saturated carbocycles. The van der Waals surface area contributed by atoms with E-state index in [4.69, 9.17) is 11.5 Å². The Balaban J connectivity index is 2.17. The number of nitrogen functional groups attached to an aromatic ring is 1. The van der Waals surface area contributed by atoms with Gasteiger partial charge in [0.15, 0.2) is 0 Å². The quantitative estimate of drug-likeness (QED) is 0.723. The molecule has 0 saturated heterocycles. The summed E-state index contributed by atoms with van der Waals surface area (Å²) in [5, 5.41) is 3.35. The maximum absolute atomic E-state index is 11.4. The summed E-state index contributed by atoms with van der Waals surface area (Å²) in [7, 11) is 0. The lowest BCUT2D eigenvalue weighted by Gasteiger charge is -2.28. The second kappa shape index (κ2) is 5.74. The average molecular weight is 279 g/mol. The molecule has 0 aliphatic heterocycles. The van der Waals surface area contributed by atoms with Crippen molar-refractivity contribution in [2.75, 3.05) is 23.9 Å². The minimum absolute atomic E-state index is 0.261. The van der Waals surface area contributed by atoms with E-state index in [2.05, 4.69) is 11.6 Å². The van der Waals surface area contributed by atoms with E-state index >= 15 is 0 Å². The molecule has 0 aromatic heterocycles. The maximum Gasteiger partial charge on any atom is 0.250 e. The molecule has 1 aromatic rings. The number of thioether (sulfide) groups is 1. The third kappa shape index (κ3) is 2.97. The zero-order chi connectivity index (χ0) is 13.9. The van der Waals surface area contributed by atoms with Gasteiger partial charge >= 0.3 is 0 Å². The van der Waals surface area contributed by atoms with Gasteiger partial charge in [0.1, 0.15) is 0 Å². The molecule has 0 heterocycles. The second-order valence-electron chi connectivity index (χ2n) is 5.08. The van der Waals surface area contributed by atoms with E-state index in [1.165, 1.54) is 25.7 Å². The van der Waals surface area contributed by atoms with Crippen molar-refractivity contribution in [1.82, 2.24) is 0 Å². The van der Waals surface area contributed by atoms with Crippen LogP contribution >= 0.6 is 11.8 Å². The molecule has 2 rings (SSSR count). The molecule has 0 bridgehead atoms. The van der Waals surface area contributed by atoms with Crippen molar-refractivity contribution in [3.05, 3.63) is 23.8 Å². The number of carbonyl (C=O) groups excluding carboxylic acids is 1. The zero-order valence-electron chi connectivity index (χ0n) is 11.2. The van der Waals surface area contributed by atoms with Gasteiger partial charge in [-0.15, -0.1) is 0 Å². The van der Waals surface area contributed by atoms with E-state index in [0.717, 1.165) is 6.54 Å². The van der Waals surface area contributed by atoms with Crippen LogP contribution in [0.1, 0.15) is 36.0 Å². The third-order valence-electron chi connectivity index (χ3n) is 3.90. The summed E-state index contributed by atoms with van der Waals surface area (Å²) in [6.07, 6.45) is 7.11. The van der Waals surface area contributed by atoms with Crippen molar-refractivity contribution in [3.63, 3.8) is 0 Å². The molecule has 1 aliphatic rings. The average Bonchev–Trinajstić information content (AvgIpc) is 2.86. The SMILES string of the molecule is CSC1(CNc2c(N)cccc2C(N)=O)CCCC1. The fourth-order valence-corrected chi connectivity index (χ4v) is 3.61. The van der Waals surface area contributed by atoms with E-state index < -0.39 is 5.91 Å². The minimum atomic E-state index is -0.445. The van der Waals surface area contributed by atoms with Crippen LogP contribution < -0.4 is 16.8 Å². The molecule has 0 spiro atoms. The summed E-state index contributed by atoms with van der Waals surface area (Å²) < 4.78 is 0.261. The molecule has 104 valence electrons. The highest BCUT2D eigenvalue weighted by atomic mass is 32.2. The van der Waals surface area contributed by atoms with Crippen molar-refractivity contribution >= 4 is 29.0 Å². The Morgan fingerprint density at radius 2 is 2.11 bits per heavy atom. The summed E-state index contributed by atoms with van der Waals surface area (Å²) in [5.41, 5.74) is 13.1. The summed E-state index contributed by atoms with van der Waals surface area (Å²) in [6.45, 7) is 0.822. The number of nitrogens with one attached hydrogen (secondary N) is 1. The van der Waals surface area contributed by atoms with Gasteiger partial charge in [-0.05, 0) is 31.2 Å². The van der Waals surface area contributed by atoms with E-state index in [9.17, 15) is 4.79 Å². The van der Waals surface area contributed by atoms with Gasteiger partial charge in [0, 0.05) is 11.3 Å². The number of carbonyl (C=O) groups is 1. The van der Waals surface area contributed by atoms with Crippen molar-refractivity contribution in [2.24, 2.45) is 5.73 Å². The molecule has 1 fully saturated rings. The monoisotopic (exact) mass is 279 g/mol. The predicted molar refractivity (Wildman–Crippen MR) is 82.6 cm³/mol. The fraction of sp³-hybridized carbons (Fsp3) is 0.500. The van der Waals surface area contributed by atoms with Gasteiger partial charge in [-0.3, -0.25) is 4.79 Å². The van der Waals surface area contributed by atoms with Crippen LogP contribution in [-0.4, -0.2) is 23.5 Å². The number of nitrogens with two attached hydrogens (primary N) is 2. The summed E-state index contributed by atoms with van der Waals surface area (Å²) in [6, 6.07) is 5.25. The van der Waals surface area contributed by atoms with Crippen LogP contribution in [-0.2, 0) is 0 Å². The van der Waals surface area contributed by atoms with Crippen molar-refractivity contribution < 1.29 is 4.79 Å². The maximum atomic E-state index is 11.4. The standard InChI is InChI=1S/C14H21N3OS/c1-19-14(7-2-3-8-14)9-17-12-10(13(16)18)5-4-6-11(12)15/h4-6,17H,2-3,7-9,15H2,1H3,(H2,16,18). The van der Waals surface area contributed by atoms with Crippen LogP contribution in [0.3, 0.4) is 0 Å². The molecule has 0 radical (unpaired) electrons. The number of hydrogen-bond acceptors (Lipinski definition) is 4.